The van der Waals surface area contributed by atoms with Crippen LogP contribution >= 0.6 is 11.8 Å². The average Bonchev–Trinajstić information content (AvgIpc) is 2.95. The van der Waals surface area contributed by atoms with Gasteiger partial charge in [0.1, 0.15) is 6.04 Å². The Kier molecular flexibility index (Phi) is 5.27. The molecule has 2 rings (SSSR count). The van der Waals surface area contributed by atoms with E-state index in [1.54, 1.807) is 18.0 Å². The highest BCUT2D eigenvalue weighted by Crippen LogP contribution is 2.19. The second-order valence-electron chi connectivity index (χ2n) is 4.67. The van der Waals surface area contributed by atoms with Gasteiger partial charge in [-0.1, -0.05) is 6.07 Å². The summed E-state index contributed by atoms with van der Waals surface area (Å²) in [5.41, 5.74) is 1.65. The molecule has 0 radical (unpaired) electrons. The molecular weight excluding hydrogens is 284 g/mol. The maximum Gasteiger partial charge on any atom is 0.246 e. The molecule has 2 aromatic rings. The lowest BCUT2D eigenvalue weighted by Crippen LogP contribution is -2.31. The minimum atomic E-state index is -0.336. The molecule has 0 bridgehead atoms. The number of anilines is 2. The van der Waals surface area contributed by atoms with Crippen molar-refractivity contribution in [2.45, 2.75) is 31.3 Å². The van der Waals surface area contributed by atoms with Crippen molar-refractivity contribution in [3.8, 4) is 0 Å². The number of carbonyl (C=O) groups is 1. The Balaban J connectivity index is 1.95. The molecule has 1 heterocycles. The highest BCUT2D eigenvalue weighted by atomic mass is 32.2. The topological polar surface area (TPSA) is 59.0 Å². The first-order valence-corrected chi connectivity index (χ1v) is 8.08. The predicted octanol–water partition coefficient (Wildman–Crippen LogP) is 3.06. The molecule has 1 aromatic carbocycles. The van der Waals surface area contributed by atoms with Gasteiger partial charge < -0.3 is 10.6 Å². The fraction of sp³-hybridized carbons (Fsp3) is 0.333. The summed E-state index contributed by atoms with van der Waals surface area (Å²) in [6, 6.07) is 7.47. The van der Waals surface area contributed by atoms with Crippen molar-refractivity contribution in [3.63, 3.8) is 0 Å². The molecule has 1 atom stereocenters. The van der Waals surface area contributed by atoms with E-state index in [2.05, 4.69) is 15.7 Å². The van der Waals surface area contributed by atoms with Crippen LogP contribution in [0.5, 0.6) is 0 Å². The Hall–Kier alpha value is -1.95. The van der Waals surface area contributed by atoms with Crippen LogP contribution in [0.1, 0.15) is 13.8 Å². The minimum absolute atomic E-state index is 0.0718. The third-order valence-corrected chi connectivity index (χ3v) is 3.80. The number of amides is 1. The van der Waals surface area contributed by atoms with Crippen LogP contribution in [0.4, 0.5) is 11.4 Å². The van der Waals surface area contributed by atoms with E-state index in [0.717, 1.165) is 22.8 Å². The number of benzene rings is 1. The van der Waals surface area contributed by atoms with Crippen molar-refractivity contribution in [3.05, 3.63) is 36.7 Å². The summed E-state index contributed by atoms with van der Waals surface area (Å²) in [4.78, 5) is 13.3. The maximum atomic E-state index is 12.2. The molecule has 0 aliphatic heterocycles. The van der Waals surface area contributed by atoms with Gasteiger partial charge in [0.2, 0.25) is 5.91 Å². The van der Waals surface area contributed by atoms with Gasteiger partial charge in [-0.3, -0.25) is 9.48 Å². The van der Waals surface area contributed by atoms with E-state index in [4.69, 9.17) is 0 Å². The standard InChI is InChI=1S/C15H20N4OS/c1-4-19-10-13(9-16-19)17-11(2)15(20)18-12-6-5-7-14(8-12)21-3/h5-11,17H,4H2,1-3H3,(H,18,20)/t11-/m1/s1. The molecule has 1 amide bonds. The van der Waals surface area contributed by atoms with Crippen LogP contribution in [0, 0.1) is 0 Å². The first-order valence-electron chi connectivity index (χ1n) is 6.86. The van der Waals surface area contributed by atoms with Gasteiger partial charge in [-0.25, -0.2) is 0 Å². The first-order chi connectivity index (χ1) is 10.1. The molecule has 0 saturated heterocycles. The number of nitrogens with zero attached hydrogens (tertiary/aromatic N) is 2. The summed E-state index contributed by atoms with van der Waals surface area (Å²) in [7, 11) is 0. The molecule has 1 aromatic heterocycles. The van der Waals surface area contributed by atoms with Crippen molar-refractivity contribution in [1.29, 1.82) is 0 Å². The zero-order chi connectivity index (χ0) is 15.2. The highest BCUT2D eigenvalue weighted by Gasteiger charge is 2.13. The number of rotatable bonds is 6. The van der Waals surface area contributed by atoms with Crippen LogP contribution in [-0.2, 0) is 11.3 Å². The Labute approximate surface area is 129 Å². The molecule has 6 heteroatoms. The van der Waals surface area contributed by atoms with E-state index in [9.17, 15) is 4.79 Å². The molecule has 0 aliphatic rings. The van der Waals surface area contributed by atoms with Crippen LogP contribution in [0.3, 0.4) is 0 Å². The van der Waals surface area contributed by atoms with Gasteiger partial charge in [0.25, 0.3) is 0 Å². The Bertz CT molecular complexity index is 611. The highest BCUT2D eigenvalue weighted by molar-refractivity contribution is 7.98. The van der Waals surface area contributed by atoms with E-state index in [1.807, 2.05) is 55.2 Å². The zero-order valence-corrected chi connectivity index (χ0v) is 13.3. The Morgan fingerprint density at radius 3 is 2.90 bits per heavy atom. The monoisotopic (exact) mass is 304 g/mol. The van der Waals surface area contributed by atoms with Gasteiger partial charge in [-0.05, 0) is 38.3 Å². The van der Waals surface area contributed by atoms with Gasteiger partial charge in [0.15, 0.2) is 0 Å². The molecule has 112 valence electrons. The maximum absolute atomic E-state index is 12.2. The summed E-state index contributed by atoms with van der Waals surface area (Å²) in [6.07, 6.45) is 5.62. The van der Waals surface area contributed by atoms with E-state index in [1.165, 1.54) is 0 Å². The van der Waals surface area contributed by atoms with Crippen LogP contribution in [0.2, 0.25) is 0 Å². The first kappa shape index (κ1) is 15.4. The molecule has 0 fully saturated rings. The van der Waals surface area contributed by atoms with Gasteiger partial charge in [-0.15, -0.1) is 11.8 Å². The van der Waals surface area contributed by atoms with Gasteiger partial charge in [-0.2, -0.15) is 5.10 Å². The number of carbonyl (C=O) groups excluding carboxylic acids is 1. The van der Waals surface area contributed by atoms with Crippen molar-refractivity contribution >= 4 is 29.0 Å². The van der Waals surface area contributed by atoms with Crippen molar-refractivity contribution < 1.29 is 4.79 Å². The molecule has 0 spiro atoms. The van der Waals surface area contributed by atoms with Crippen LogP contribution in [0.15, 0.2) is 41.6 Å². The average molecular weight is 304 g/mol. The van der Waals surface area contributed by atoms with E-state index in [0.29, 0.717) is 0 Å². The van der Waals surface area contributed by atoms with E-state index >= 15 is 0 Å². The SMILES string of the molecule is CCn1cc(N[C@H](C)C(=O)Nc2cccc(SC)c2)cn1. The summed E-state index contributed by atoms with van der Waals surface area (Å²) in [5, 5.41) is 10.2. The largest absolute Gasteiger partial charge is 0.371 e. The molecular formula is C15H20N4OS. The van der Waals surface area contributed by atoms with Crippen LogP contribution in [0.25, 0.3) is 0 Å². The van der Waals surface area contributed by atoms with Gasteiger partial charge in [0.05, 0.1) is 11.9 Å². The third kappa shape index (κ3) is 4.26. The second-order valence-corrected chi connectivity index (χ2v) is 5.55. The second kappa shape index (κ2) is 7.17. The number of hydrogen-bond acceptors (Lipinski definition) is 4. The summed E-state index contributed by atoms with van der Waals surface area (Å²) in [5.74, 6) is -0.0718. The molecule has 2 N–H and O–H groups in total. The summed E-state index contributed by atoms with van der Waals surface area (Å²) >= 11 is 1.65. The van der Waals surface area contributed by atoms with E-state index in [-0.39, 0.29) is 11.9 Å². The lowest BCUT2D eigenvalue weighted by molar-refractivity contribution is -0.116. The fourth-order valence-electron chi connectivity index (χ4n) is 1.88. The smallest absolute Gasteiger partial charge is 0.246 e. The summed E-state index contributed by atoms with van der Waals surface area (Å²) < 4.78 is 1.81. The molecule has 5 nitrogen and oxygen atoms in total. The van der Waals surface area contributed by atoms with Gasteiger partial charge >= 0.3 is 0 Å². The minimum Gasteiger partial charge on any atom is -0.371 e. The Morgan fingerprint density at radius 1 is 1.43 bits per heavy atom. The number of aryl methyl sites for hydroxylation is 1. The lowest BCUT2D eigenvalue weighted by atomic mass is 10.2. The number of nitrogens with one attached hydrogen (secondary N) is 2. The number of thioether (sulfide) groups is 1. The number of aromatic nitrogens is 2. The van der Waals surface area contributed by atoms with Crippen molar-refractivity contribution in [2.24, 2.45) is 0 Å². The molecule has 21 heavy (non-hydrogen) atoms. The van der Waals surface area contributed by atoms with Crippen molar-refractivity contribution in [1.82, 2.24) is 9.78 Å². The molecule has 0 saturated carbocycles. The zero-order valence-electron chi connectivity index (χ0n) is 12.5. The predicted molar refractivity (Wildman–Crippen MR) is 87.8 cm³/mol. The fourth-order valence-corrected chi connectivity index (χ4v) is 2.34. The summed E-state index contributed by atoms with van der Waals surface area (Å²) in [6.45, 7) is 4.66. The Morgan fingerprint density at radius 2 is 2.24 bits per heavy atom. The quantitative estimate of drug-likeness (QED) is 0.805. The van der Waals surface area contributed by atoms with Crippen LogP contribution < -0.4 is 10.6 Å². The van der Waals surface area contributed by atoms with Crippen molar-refractivity contribution in [2.75, 3.05) is 16.9 Å². The molecule has 0 unspecified atom stereocenters. The third-order valence-electron chi connectivity index (χ3n) is 3.07. The normalized spacial score (nSPS) is 12.0. The molecule has 0 aliphatic carbocycles. The van der Waals surface area contributed by atoms with Gasteiger partial charge in [0, 0.05) is 23.3 Å². The lowest BCUT2D eigenvalue weighted by Gasteiger charge is -2.14. The van der Waals surface area contributed by atoms with Crippen LogP contribution in [-0.4, -0.2) is 28.0 Å². The number of hydrogen-bond donors (Lipinski definition) is 2. The van der Waals surface area contributed by atoms with E-state index < -0.39 is 0 Å².